The van der Waals surface area contributed by atoms with E-state index in [1.807, 2.05) is 12.1 Å². The van der Waals surface area contributed by atoms with Crippen LogP contribution in [0.3, 0.4) is 0 Å². The van der Waals surface area contributed by atoms with E-state index in [1.54, 1.807) is 16.4 Å². The van der Waals surface area contributed by atoms with Crippen molar-refractivity contribution >= 4 is 10.0 Å². The summed E-state index contributed by atoms with van der Waals surface area (Å²) in [6, 6.07) is 7.21. The molecule has 1 aliphatic heterocycles. The summed E-state index contributed by atoms with van der Waals surface area (Å²) in [5.74, 6) is 0. The first kappa shape index (κ1) is 11.6. The summed E-state index contributed by atoms with van der Waals surface area (Å²) in [6.07, 6.45) is 2.89. The lowest BCUT2D eigenvalue weighted by atomic mass is 10.2. The van der Waals surface area contributed by atoms with E-state index in [9.17, 15) is 8.42 Å². The van der Waals surface area contributed by atoms with Gasteiger partial charge in [-0.1, -0.05) is 19.1 Å². The van der Waals surface area contributed by atoms with Crippen molar-refractivity contribution in [3.63, 3.8) is 0 Å². The summed E-state index contributed by atoms with van der Waals surface area (Å²) in [4.78, 5) is 0.423. The summed E-state index contributed by atoms with van der Waals surface area (Å²) in [7, 11) is -3.23. The molecule has 88 valence electrons. The minimum Gasteiger partial charge on any atom is -0.207 e. The van der Waals surface area contributed by atoms with Gasteiger partial charge < -0.3 is 0 Å². The molecular weight excluding hydrogens is 222 g/mol. The predicted octanol–water partition coefficient (Wildman–Crippen LogP) is 2.03. The molecule has 1 saturated heterocycles. The van der Waals surface area contributed by atoms with Crippen LogP contribution in [0.4, 0.5) is 0 Å². The van der Waals surface area contributed by atoms with Crippen molar-refractivity contribution in [3.05, 3.63) is 29.8 Å². The van der Waals surface area contributed by atoms with Gasteiger partial charge in [0.25, 0.3) is 0 Å². The minimum absolute atomic E-state index is 0.423. The number of sulfonamides is 1. The molecule has 1 aromatic rings. The molecule has 0 unspecified atom stereocenters. The number of hydrogen-bond acceptors (Lipinski definition) is 2. The van der Waals surface area contributed by atoms with Gasteiger partial charge in [0, 0.05) is 13.1 Å². The van der Waals surface area contributed by atoms with Crippen molar-refractivity contribution < 1.29 is 8.42 Å². The minimum atomic E-state index is -3.23. The maximum atomic E-state index is 12.2. The number of aryl methyl sites for hydroxylation is 1. The van der Waals surface area contributed by atoms with Gasteiger partial charge in [-0.3, -0.25) is 0 Å². The van der Waals surface area contributed by atoms with Crippen LogP contribution in [0.15, 0.2) is 29.2 Å². The van der Waals surface area contributed by atoms with E-state index in [-0.39, 0.29) is 0 Å². The number of rotatable bonds is 3. The zero-order chi connectivity index (χ0) is 11.6. The maximum Gasteiger partial charge on any atom is 0.243 e. The highest BCUT2D eigenvalue weighted by atomic mass is 32.2. The predicted molar refractivity (Wildman–Crippen MR) is 63.8 cm³/mol. The molecule has 0 aliphatic carbocycles. The average molecular weight is 239 g/mol. The largest absolute Gasteiger partial charge is 0.243 e. The van der Waals surface area contributed by atoms with Crippen LogP contribution in [0, 0.1) is 0 Å². The molecule has 0 spiro atoms. The summed E-state index contributed by atoms with van der Waals surface area (Å²) in [5.41, 5.74) is 1.17. The second-order valence-corrected chi connectivity index (χ2v) is 6.05. The molecule has 0 saturated carbocycles. The molecule has 0 bridgehead atoms. The van der Waals surface area contributed by atoms with Crippen molar-refractivity contribution in [2.75, 3.05) is 13.1 Å². The molecule has 0 aromatic heterocycles. The van der Waals surface area contributed by atoms with Crippen molar-refractivity contribution in [2.24, 2.45) is 0 Å². The molecule has 4 heteroatoms. The van der Waals surface area contributed by atoms with Gasteiger partial charge in [-0.15, -0.1) is 0 Å². The molecule has 16 heavy (non-hydrogen) atoms. The summed E-state index contributed by atoms with van der Waals surface area (Å²) in [6.45, 7) is 3.39. The van der Waals surface area contributed by atoms with E-state index in [1.165, 1.54) is 5.56 Å². The number of hydrogen-bond donors (Lipinski definition) is 0. The van der Waals surface area contributed by atoms with Gasteiger partial charge in [0.05, 0.1) is 4.90 Å². The molecule has 0 atom stereocenters. The molecule has 1 aromatic carbocycles. The first-order valence-electron chi connectivity index (χ1n) is 5.73. The Hall–Kier alpha value is -0.870. The second kappa shape index (κ2) is 4.55. The van der Waals surface area contributed by atoms with Crippen molar-refractivity contribution in [1.29, 1.82) is 0 Å². The van der Waals surface area contributed by atoms with Crippen LogP contribution in [0.25, 0.3) is 0 Å². The van der Waals surface area contributed by atoms with E-state index in [4.69, 9.17) is 0 Å². The van der Waals surface area contributed by atoms with E-state index in [2.05, 4.69) is 6.92 Å². The monoisotopic (exact) mass is 239 g/mol. The third kappa shape index (κ3) is 2.13. The van der Waals surface area contributed by atoms with Gasteiger partial charge in [-0.2, -0.15) is 4.31 Å². The summed E-state index contributed by atoms with van der Waals surface area (Å²) in [5, 5.41) is 0. The van der Waals surface area contributed by atoms with Gasteiger partial charge in [0.1, 0.15) is 0 Å². The molecule has 1 fully saturated rings. The maximum absolute atomic E-state index is 12.2. The van der Waals surface area contributed by atoms with E-state index in [0.717, 1.165) is 19.3 Å². The van der Waals surface area contributed by atoms with Crippen LogP contribution < -0.4 is 0 Å². The molecule has 2 rings (SSSR count). The molecule has 1 aliphatic rings. The zero-order valence-electron chi connectivity index (χ0n) is 9.52. The van der Waals surface area contributed by atoms with Gasteiger partial charge >= 0.3 is 0 Å². The fourth-order valence-corrected chi connectivity index (χ4v) is 3.49. The van der Waals surface area contributed by atoms with Crippen LogP contribution in [0.5, 0.6) is 0 Å². The summed E-state index contributed by atoms with van der Waals surface area (Å²) < 4.78 is 25.9. The Morgan fingerprint density at radius 1 is 1.12 bits per heavy atom. The lowest BCUT2D eigenvalue weighted by Gasteiger charge is -2.15. The van der Waals surface area contributed by atoms with Gasteiger partial charge in [0.15, 0.2) is 0 Å². The molecular formula is C12H17NO2S. The molecule has 1 heterocycles. The first-order valence-corrected chi connectivity index (χ1v) is 7.17. The number of benzene rings is 1. The van der Waals surface area contributed by atoms with Crippen molar-refractivity contribution in [1.82, 2.24) is 4.31 Å². The van der Waals surface area contributed by atoms with Gasteiger partial charge in [-0.25, -0.2) is 8.42 Å². The Labute approximate surface area is 97.1 Å². The molecule has 3 nitrogen and oxygen atoms in total. The fraction of sp³-hybridized carbons (Fsp3) is 0.500. The van der Waals surface area contributed by atoms with Gasteiger partial charge in [-0.05, 0) is 37.0 Å². The highest BCUT2D eigenvalue weighted by molar-refractivity contribution is 7.89. The van der Waals surface area contributed by atoms with E-state index < -0.39 is 10.0 Å². The van der Waals surface area contributed by atoms with Crippen LogP contribution in [-0.4, -0.2) is 25.8 Å². The van der Waals surface area contributed by atoms with Crippen LogP contribution in [0.2, 0.25) is 0 Å². The third-order valence-corrected chi connectivity index (χ3v) is 4.95. The summed E-state index contributed by atoms with van der Waals surface area (Å²) >= 11 is 0. The smallest absolute Gasteiger partial charge is 0.207 e. The first-order chi connectivity index (χ1) is 7.64. The fourth-order valence-electron chi connectivity index (χ4n) is 1.97. The Balaban J connectivity index is 2.28. The Bertz CT molecular complexity index is 444. The van der Waals surface area contributed by atoms with E-state index in [0.29, 0.717) is 18.0 Å². The average Bonchev–Trinajstić information content (AvgIpc) is 2.83. The topological polar surface area (TPSA) is 37.4 Å². The van der Waals surface area contributed by atoms with Crippen molar-refractivity contribution in [3.8, 4) is 0 Å². The Morgan fingerprint density at radius 3 is 2.19 bits per heavy atom. The van der Waals surface area contributed by atoms with Crippen molar-refractivity contribution in [2.45, 2.75) is 31.1 Å². The lowest BCUT2D eigenvalue weighted by molar-refractivity contribution is 0.477. The SMILES string of the molecule is CCc1ccc(S(=O)(=O)N2CCCC2)cc1. The van der Waals surface area contributed by atoms with Crippen LogP contribution in [0.1, 0.15) is 25.3 Å². The third-order valence-electron chi connectivity index (χ3n) is 3.03. The molecule has 0 N–H and O–H groups in total. The Kier molecular flexibility index (Phi) is 3.30. The van der Waals surface area contributed by atoms with E-state index >= 15 is 0 Å². The standard InChI is InChI=1S/C12H17NO2S/c1-2-11-5-7-12(8-6-11)16(14,15)13-9-3-4-10-13/h5-8H,2-4,9-10H2,1H3. The van der Waals surface area contributed by atoms with Crippen LogP contribution >= 0.6 is 0 Å². The lowest BCUT2D eigenvalue weighted by Crippen LogP contribution is -2.27. The molecule has 0 amide bonds. The quantitative estimate of drug-likeness (QED) is 0.809. The normalized spacial score (nSPS) is 17.8. The second-order valence-electron chi connectivity index (χ2n) is 4.11. The number of nitrogens with zero attached hydrogens (tertiary/aromatic N) is 1. The molecule has 0 radical (unpaired) electrons. The highest BCUT2D eigenvalue weighted by Crippen LogP contribution is 2.20. The zero-order valence-corrected chi connectivity index (χ0v) is 10.3. The van der Waals surface area contributed by atoms with Crippen LogP contribution in [-0.2, 0) is 16.4 Å². The van der Waals surface area contributed by atoms with Gasteiger partial charge in [0.2, 0.25) is 10.0 Å². The highest BCUT2D eigenvalue weighted by Gasteiger charge is 2.26. The Morgan fingerprint density at radius 2 is 1.69 bits per heavy atom.